The number of hydrogen-bond donors (Lipinski definition) is 0. The smallest absolute Gasteiger partial charge is 0.280 e. The molecule has 0 aliphatic heterocycles. The average molecular weight is 301 g/mol. The summed E-state index contributed by atoms with van der Waals surface area (Å²) in [6.45, 7) is 0. The molecule has 0 unspecified atom stereocenters. The molecule has 1 aromatic heterocycles. The van der Waals surface area contributed by atoms with Gasteiger partial charge in [0.2, 0.25) is 0 Å². The van der Waals surface area contributed by atoms with Gasteiger partial charge in [-0.1, -0.05) is 0 Å². The summed E-state index contributed by atoms with van der Waals surface area (Å²) in [5, 5.41) is 0. The summed E-state index contributed by atoms with van der Waals surface area (Å²) in [4.78, 5) is 13.4. The van der Waals surface area contributed by atoms with E-state index in [4.69, 9.17) is 0 Å². The van der Waals surface area contributed by atoms with Crippen LogP contribution in [0.5, 0.6) is 0 Å². The third kappa shape index (κ3) is 2.17. The lowest BCUT2D eigenvalue weighted by molar-refractivity contribution is 0.111. The zero-order valence-corrected chi connectivity index (χ0v) is 8.26. The molecule has 0 aromatic carbocycles. The number of rotatable bonds is 2. The van der Waals surface area contributed by atoms with Crippen LogP contribution in [0.25, 0.3) is 0 Å². The van der Waals surface area contributed by atoms with Crippen LogP contribution in [0.1, 0.15) is 22.6 Å². The Balaban J connectivity index is 3.30. The van der Waals surface area contributed by atoms with Gasteiger partial charge in [0, 0.05) is 0 Å². The summed E-state index contributed by atoms with van der Waals surface area (Å²) in [6, 6.07) is 0.910. The van der Waals surface area contributed by atoms with E-state index in [-0.39, 0.29) is 9.86 Å². The van der Waals surface area contributed by atoms with Crippen molar-refractivity contribution in [2.24, 2.45) is 0 Å². The first-order chi connectivity index (χ1) is 6.06. The molecule has 13 heavy (non-hydrogen) atoms. The van der Waals surface area contributed by atoms with Crippen LogP contribution >= 0.6 is 22.6 Å². The number of aromatic nitrogens is 1. The maximum atomic E-state index is 12.9. The Morgan fingerprint density at radius 3 is 2.62 bits per heavy atom. The third-order valence-corrected chi connectivity index (χ3v) is 2.08. The van der Waals surface area contributed by atoms with Crippen molar-refractivity contribution in [2.45, 2.75) is 6.43 Å². The fourth-order valence-electron chi connectivity index (χ4n) is 0.726. The Kier molecular flexibility index (Phi) is 3.23. The molecule has 0 radical (unpaired) electrons. The standard InChI is InChI=1S/C7H3F3INO/c8-6-3(11)1-4(7(9)10)12-5(6)2-13/h1-2,7H. The first kappa shape index (κ1) is 10.4. The zero-order valence-electron chi connectivity index (χ0n) is 6.10. The molecule has 0 atom stereocenters. The number of carbonyl (C=O) groups is 1. The summed E-state index contributed by atoms with van der Waals surface area (Å²) in [6.07, 6.45) is -2.68. The van der Waals surface area contributed by atoms with Gasteiger partial charge in [-0.05, 0) is 28.7 Å². The lowest BCUT2D eigenvalue weighted by atomic mass is 10.3. The van der Waals surface area contributed by atoms with Gasteiger partial charge < -0.3 is 0 Å². The molecule has 1 aromatic rings. The van der Waals surface area contributed by atoms with Crippen molar-refractivity contribution in [1.82, 2.24) is 4.98 Å². The highest BCUT2D eigenvalue weighted by Crippen LogP contribution is 2.21. The summed E-state index contributed by atoms with van der Waals surface area (Å²) in [7, 11) is 0. The van der Waals surface area contributed by atoms with E-state index in [1.165, 1.54) is 22.6 Å². The SMILES string of the molecule is O=Cc1nc(C(F)F)cc(I)c1F. The minimum atomic E-state index is -2.80. The molecule has 0 fully saturated rings. The van der Waals surface area contributed by atoms with Gasteiger partial charge in [0.1, 0.15) is 11.4 Å². The van der Waals surface area contributed by atoms with Gasteiger partial charge in [0.05, 0.1) is 3.57 Å². The molecule has 0 aliphatic rings. The van der Waals surface area contributed by atoms with Crippen molar-refractivity contribution in [2.75, 3.05) is 0 Å². The molecule has 0 saturated carbocycles. The zero-order chi connectivity index (χ0) is 10.0. The lowest BCUT2D eigenvalue weighted by Crippen LogP contribution is -2.01. The highest BCUT2D eigenvalue weighted by molar-refractivity contribution is 14.1. The van der Waals surface area contributed by atoms with Crippen LogP contribution in [0.4, 0.5) is 13.2 Å². The summed E-state index contributed by atoms with van der Waals surface area (Å²) >= 11 is 1.53. The molecule has 0 saturated heterocycles. The topological polar surface area (TPSA) is 30.0 Å². The molecule has 6 heteroatoms. The van der Waals surface area contributed by atoms with Crippen LogP contribution < -0.4 is 0 Å². The van der Waals surface area contributed by atoms with Gasteiger partial charge in [-0.15, -0.1) is 0 Å². The number of aldehydes is 1. The van der Waals surface area contributed by atoms with Gasteiger partial charge in [-0.25, -0.2) is 18.2 Å². The second-order valence-corrected chi connectivity index (χ2v) is 3.31. The van der Waals surface area contributed by atoms with E-state index in [9.17, 15) is 18.0 Å². The van der Waals surface area contributed by atoms with E-state index >= 15 is 0 Å². The van der Waals surface area contributed by atoms with Crippen LogP contribution in [0.15, 0.2) is 6.07 Å². The number of pyridine rings is 1. The second-order valence-electron chi connectivity index (χ2n) is 2.15. The van der Waals surface area contributed by atoms with Crippen LogP contribution in [-0.4, -0.2) is 11.3 Å². The van der Waals surface area contributed by atoms with E-state index in [1.54, 1.807) is 0 Å². The molecule has 0 amide bonds. The van der Waals surface area contributed by atoms with E-state index in [0.29, 0.717) is 0 Å². The molecule has 0 spiro atoms. The van der Waals surface area contributed by atoms with Crippen molar-refractivity contribution in [3.05, 3.63) is 26.8 Å². The van der Waals surface area contributed by atoms with E-state index in [2.05, 4.69) is 4.98 Å². The van der Waals surface area contributed by atoms with Crippen LogP contribution in [0.2, 0.25) is 0 Å². The van der Waals surface area contributed by atoms with Crippen LogP contribution in [0.3, 0.4) is 0 Å². The highest BCUT2D eigenvalue weighted by Gasteiger charge is 2.15. The molecule has 1 rings (SSSR count). The monoisotopic (exact) mass is 301 g/mol. The molecule has 0 N–H and O–H groups in total. The lowest BCUT2D eigenvalue weighted by Gasteiger charge is -2.02. The normalized spacial score (nSPS) is 10.5. The first-order valence-electron chi connectivity index (χ1n) is 3.15. The molecular weight excluding hydrogens is 298 g/mol. The van der Waals surface area contributed by atoms with Crippen molar-refractivity contribution >= 4 is 28.9 Å². The summed E-state index contributed by atoms with van der Waals surface area (Å²) < 4.78 is 37.0. The molecule has 0 aliphatic carbocycles. The van der Waals surface area contributed by atoms with Gasteiger partial charge in [-0.3, -0.25) is 4.79 Å². The summed E-state index contributed by atoms with van der Waals surface area (Å²) in [5.74, 6) is -0.861. The number of carbonyl (C=O) groups excluding carboxylic acids is 1. The van der Waals surface area contributed by atoms with E-state index < -0.39 is 23.6 Å². The molecule has 0 bridgehead atoms. The van der Waals surface area contributed by atoms with Crippen LogP contribution in [-0.2, 0) is 0 Å². The van der Waals surface area contributed by atoms with Crippen LogP contribution in [0, 0.1) is 9.39 Å². The predicted molar refractivity (Wildman–Crippen MR) is 47.3 cm³/mol. The van der Waals surface area contributed by atoms with Gasteiger partial charge in [-0.2, -0.15) is 0 Å². The Morgan fingerprint density at radius 2 is 2.15 bits per heavy atom. The van der Waals surface area contributed by atoms with Gasteiger partial charge >= 0.3 is 0 Å². The highest BCUT2D eigenvalue weighted by atomic mass is 127. The quantitative estimate of drug-likeness (QED) is 0.621. The Labute approximate surface area is 85.3 Å². The third-order valence-electron chi connectivity index (χ3n) is 1.29. The first-order valence-corrected chi connectivity index (χ1v) is 4.23. The number of alkyl halides is 2. The number of nitrogens with zero attached hydrogens (tertiary/aromatic N) is 1. The number of halogens is 4. The van der Waals surface area contributed by atoms with Crippen molar-refractivity contribution in [3.8, 4) is 0 Å². The number of hydrogen-bond acceptors (Lipinski definition) is 2. The summed E-state index contributed by atoms with van der Waals surface area (Å²) in [5.41, 5.74) is -1.17. The second kappa shape index (κ2) is 4.03. The van der Waals surface area contributed by atoms with Gasteiger partial charge in [0.25, 0.3) is 6.43 Å². The van der Waals surface area contributed by atoms with Crippen molar-refractivity contribution in [3.63, 3.8) is 0 Å². The average Bonchev–Trinajstić information content (AvgIpc) is 2.09. The molecule has 2 nitrogen and oxygen atoms in total. The molecule has 70 valence electrons. The largest absolute Gasteiger partial charge is 0.296 e. The Bertz CT molecular complexity index is 343. The maximum Gasteiger partial charge on any atom is 0.280 e. The minimum Gasteiger partial charge on any atom is -0.296 e. The van der Waals surface area contributed by atoms with Crippen molar-refractivity contribution in [1.29, 1.82) is 0 Å². The fraction of sp³-hybridized carbons (Fsp3) is 0.143. The Morgan fingerprint density at radius 1 is 1.54 bits per heavy atom. The maximum absolute atomic E-state index is 12.9. The predicted octanol–water partition coefficient (Wildman–Crippen LogP) is 2.58. The Hall–Kier alpha value is -0.660. The molecule has 1 heterocycles. The van der Waals surface area contributed by atoms with Gasteiger partial charge in [0.15, 0.2) is 12.1 Å². The minimum absolute atomic E-state index is 0.0370. The molecular formula is C7H3F3INO. The fourth-order valence-corrected chi connectivity index (χ4v) is 1.32. The van der Waals surface area contributed by atoms with E-state index in [0.717, 1.165) is 6.07 Å². The van der Waals surface area contributed by atoms with Crippen molar-refractivity contribution < 1.29 is 18.0 Å². The van der Waals surface area contributed by atoms with E-state index in [1.807, 2.05) is 0 Å².